The molecule has 0 atom stereocenters. The van der Waals surface area contributed by atoms with Crippen molar-refractivity contribution in [1.82, 2.24) is 4.98 Å². The fourth-order valence-electron chi connectivity index (χ4n) is 1.80. The molecule has 0 amide bonds. The van der Waals surface area contributed by atoms with Crippen LogP contribution in [0.4, 0.5) is 10.1 Å². The van der Waals surface area contributed by atoms with Gasteiger partial charge in [0, 0.05) is 24.6 Å². The van der Waals surface area contributed by atoms with Crippen molar-refractivity contribution in [3.05, 3.63) is 59.7 Å². The van der Waals surface area contributed by atoms with Crippen LogP contribution in [0.2, 0.25) is 0 Å². The minimum absolute atomic E-state index is 0.231. The standard InChI is InChI=1S/C14H16FN3/c15-13-3-4-14(12(8-13)5-6-16)18-10-11-2-1-7-17-9-11/h1-4,7-9,18H,5-6,10,16H2. The van der Waals surface area contributed by atoms with Crippen LogP contribution in [0.15, 0.2) is 42.7 Å². The van der Waals surface area contributed by atoms with Gasteiger partial charge in [-0.05, 0) is 48.4 Å². The fourth-order valence-corrected chi connectivity index (χ4v) is 1.80. The van der Waals surface area contributed by atoms with Crippen LogP contribution in [0.25, 0.3) is 0 Å². The van der Waals surface area contributed by atoms with Gasteiger partial charge in [-0.2, -0.15) is 0 Å². The Morgan fingerprint density at radius 3 is 2.89 bits per heavy atom. The largest absolute Gasteiger partial charge is 0.381 e. The lowest BCUT2D eigenvalue weighted by Gasteiger charge is -2.11. The van der Waals surface area contributed by atoms with Gasteiger partial charge in [-0.25, -0.2) is 4.39 Å². The maximum atomic E-state index is 13.2. The number of nitrogens with one attached hydrogen (secondary N) is 1. The first-order chi connectivity index (χ1) is 8.79. The van der Waals surface area contributed by atoms with Crippen molar-refractivity contribution in [2.75, 3.05) is 11.9 Å². The van der Waals surface area contributed by atoms with Crippen LogP contribution in [-0.2, 0) is 13.0 Å². The number of hydrogen-bond donors (Lipinski definition) is 2. The third-order valence-corrected chi connectivity index (χ3v) is 2.69. The summed E-state index contributed by atoms with van der Waals surface area (Å²) in [5.41, 5.74) is 8.44. The first kappa shape index (κ1) is 12.5. The molecule has 2 aromatic rings. The molecular weight excluding hydrogens is 229 g/mol. The molecule has 0 bridgehead atoms. The number of benzene rings is 1. The van der Waals surface area contributed by atoms with Crippen LogP contribution < -0.4 is 11.1 Å². The highest BCUT2D eigenvalue weighted by Crippen LogP contribution is 2.18. The van der Waals surface area contributed by atoms with E-state index in [0.29, 0.717) is 19.5 Å². The Morgan fingerprint density at radius 2 is 2.17 bits per heavy atom. The molecule has 0 aliphatic carbocycles. The monoisotopic (exact) mass is 245 g/mol. The molecule has 94 valence electrons. The van der Waals surface area contributed by atoms with Gasteiger partial charge in [0.2, 0.25) is 0 Å². The summed E-state index contributed by atoms with van der Waals surface area (Å²) in [6, 6.07) is 8.61. The smallest absolute Gasteiger partial charge is 0.123 e. The molecule has 1 aromatic heterocycles. The van der Waals surface area contributed by atoms with Crippen molar-refractivity contribution >= 4 is 5.69 Å². The number of nitrogens with two attached hydrogens (primary N) is 1. The third kappa shape index (κ3) is 3.28. The van der Waals surface area contributed by atoms with E-state index in [-0.39, 0.29) is 5.82 Å². The minimum atomic E-state index is -0.231. The Labute approximate surface area is 106 Å². The molecule has 1 heterocycles. The number of pyridine rings is 1. The molecule has 2 rings (SSSR count). The first-order valence-electron chi connectivity index (χ1n) is 5.91. The van der Waals surface area contributed by atoms with Gasteiger partial charge in [-0.3, -0.25) is 4.98 Å². The lowest BCUT2D eigenvalue weighted by Crippen LogP contribution is -2.08. The number of hydrogen-bond acceptors (Lipinski definition) is 3. The summed E-state index contributed by atoms with van der Waals surface area (Å²) < 4.78 is 13.2. The van der Waals surface area contributed by atoms with E-state index in [1.165, 1.54) is 12.1 Å². The molecule has 0 saturated heterocycles. The highest BCUT2D eigenvalue weighted by molar-refractivity contribution is 5.51. The average molecular weight is 245 g/mol. The summed E-state index contributed by atoms with van der Waals surface area (Å²) in [5.74, 6) is -0.231. The average Bonchev–Trinajstić information content (AvgIpc) is 2.39. The maximum absolute atomic E-state index is 13.2. The van der Waals surface area contributed by atoms with Crippen molar-refractivity contribution in [3.8, 4) is 0 Å². The summed E-state index contributed by atoms with van der Waals surface area (Å²) in [6.07, 6.45) is 4.20. The Balaban J connectivity index is 2.09. The second-order valence-corrected chi connectivity index (χ2v) is 4.05. The van der Waals surface area contributed by atoms with Crippen molar-refractivity contribution in [1.29, 1.82) is 0 Å². The lowest BCUT2D eigenvalue weighted by atomic mass is 10.1. The second kappa shape index (κ2) is 6.12. The Bertz CT molecular complexity index is 500. The van der Waals surface area contributed by atoms with Crippen LogP contribution in [0.5, 0.6) is 0 Å². The van der Waals surface area contributed by atoms with Crippen molar-refractivity contribution in [2.24, 2.45) is 5.73 Å². The highest BCUT2D eigenvalue weighted by Gasteiger charge is 2.03. The molecule has 18 heavy (non-hydrogen) atoms. The van der Waals surface area contributed by atoms with E-state index in [1.807, 2.05) is 12.1 Å². The summed E-state index contributed by atoms with van der Waals surface area (Å²) in [5, 5.41) is 3.28. The van der Waals surface area contributed by atoms with Gasteiger partial charge in [0.05, 0.1) is 0 Å². The zero-order valence-corrected chi connectivity index (χ0v) is 10.1. The SMILES string of the molecule is NCCc1cc(F)ccc1NCc1cccnc1. The molecule has 0 aliphatic heterocycles. The van der Waals surface area contributed by atoms with Crippen LogP contribution in [0.1, 0.15) is 11.1 Å². The molecule has 0 aliphatic rings. The molecule has 4 heteroatoms. The van der Waals surface area contributed by atoms with Gasteiger partial charge < -0.3 is 11.1 Å². The van der Waals surface area contributed by atoms with E-state index in [9.17, 15) is 4.39 Å². The highest BCUT2D eigenvalue weighted by atomic mass is 19.1. The molecule has 0 fully saturated rings. The second-order valence-electron chi connectivity index (χ2n) is 4.05. The van der Waals surface area contributed by atoms with E-state index < -0.39 is 0 Å². The number of rotatable bonds is 5. The summed E-state index contributed by atoms with van der Waals surface area (Å²) in [7, 11) is 0. The molecular formula is C14H16FN3. The Kier molecular flexibility index (Phi) is 4.25. The Morgan fingerprint density at radius 1 is 1.28 bits per heavy atom. The molecule has 1 aromatic carbocycles. The van der Waals surface area contributed by atoms with Gasteiger partial charge in [0.25, 0.3) is 0 Å². The quantitative estimate of drug-likeness (QED) is 0.850. The molecule has 0 radical (unpaired) electrons. The summed E-state index contributed by atoms with van der Waals surface area (Å²) in [4.78, 5) is 4.05. The zero-order chi connectivity index (χ0) is 12.8. The number of nitrogens with zero attached hydrogens (tertiary/aromatic N) is 1. The van der Waals surface area contributed by atoms with Crippen LogP contribution in [0, 0.1) is 5.82 Å². The van der Waals surface area contributed by atoms with Crippen LogP contribution >= 0.6 is 0 Å². The number of aromatic nitrogens is 1. The van der Waals surface area contributed by atoms with Gasteiger partial charge >= 0.3 is 0 Å². The first-order valence-corrected chi connectivity index (χ1v) is 5.91. The van der Waals surface area contributed by atoms with Gasteiger partial charge in [-0.1, -0.05) is 6.07 Å². The summed E-state index contributed by atoms with van der Waals surface area (Å²) >= 11 is 0. The van der Waals surface area contributed by atoms with Gasteiger partial charge in [-0.15, -0.1) is 0 Å². The maximum Gasteiger partial charge on any atom is 0.123 e. The van der Waals surface area contributed by atoms with Gasteiger partial charge in [0.15, 0.2) is 0 Å². The minimum Gasteiger partial charge on any atom is -0.381 e. The molecule has 3 nitrogen and oxygen atoms in total. The predicted octanol–water partition coefficient (Wildman–Crippen LogP) is 2.33. The lowest BCUT2D eigenvalue weighted by molar-refractivity contribution is 0.625. The number of anilines is 1. The van der Waals surface area contributed by atoms with Crippen molar-refractivity contribution in [2.45, 2.75) is 13.0 Å². The van der Waals surface area contributed by atoms with Crippen molar-refractivity contribution in [3.63, 3.8) is 0 Å². The van der Waals surface area contributed by atoms with E-state index in [4.69, 9.17) is 5.73 Å². The fraction of sp³-hybridized carbons (Fsp3) is 0.214. The van der Waals surface area contributed by atoms with Crippen LogP contribution in [0.3, 0.4) is 0 Å². The number of halogens is 1. The van der Waals surface area contributed by atoms with Crippen molar-refractivity contribution < 1.29 is 4.39 Å². The third-order valence-electron chi connectivity index (χ3n) is 2.69. The molecule has 3 N–H and O–H groups in total. The topological polar surface area (TPSA) is 50.9 Å². The predicted molar refractivity (Wildman–Crippen MR) is 70.7 cm³/mol. The normalized spacial score (nSPS) is 10.3. The van der Waals surface area contributed by atoms with Crippen LogP contribution in [-0.4, -0.2) is 11.5 Å². The van der Waals surface area contributed by atoms with E-state index in [2.05, 4.69) is 10.3 Å². The Hall–Kier alpha value is -1.94. The van der Waals surface area contributed by atoms with Gasteiger partial charge in [0.1, 0.15) is 5.82 Å². The van der Waals surface area contributed by atoms with E-state index in [1.54, 1.807) is 18.5 Å². The molecule has 0 saturated carbocycles. The van der Waals surface area contributed by atoms with E-state index >= 15 is 0 Å². The molecule has 0 unspecified atom stereocenters. The summed E-state index contributed by atoms with van der Waals surface area (Å²) in [6.45, 7) is 1.17. The zero-order valence-electron chi connectivity index (χ0n) is 10.1. The molecule has 0 spiro atoms. The van der Waals surface area contributed by atoms with E-state index in [0.717, 1.165) is 16.8 Å².